The smallest absolute Gasteiger partial charge is 0.123 e. The third kappa shape index (κ3) is 1.96. The van der Waals surface area contributed by atoms with E-state index in [1.54, 1.807) is 7.11 Å². The van der Waals surface area contributed by atoms with Crippen LogP contribution in [0.3, 0.4) is 0 Å². The van der Waals surface area contributed by atoms with Gasteiger partial charge in [-0.05, 0) is 55.4 Å². The lowest BCUT2D eigenvalue weighted by atomic mass is 9.79. The largest absolute Gasteiger partial charge is 0.496 e. The quantitative estimate of drug-likeness (QED) is 0.903. The average Bonchev–Trinajstić information content (AvgIpc) is 3.17. The second-order valence-corrected chi connectivity index (χ2v) is 6.95. The zero-order valence-electron chi connectivity index (χ0n) is 12.3. The number of hydrogen-bond donors (Lipinski definition) is 1. The molecule has 20 heavy (non-hydrogen) atoms. The van der Waals surface area contributed by atoms with Gasteiger partial charge in [-0.2, -0.15) is 0 Å². The second kappa shape index (κ2) is 5.07. The van der Waals surface area contributed by atoms with Crippen LogP contribution in [0.25, 0.3) is 0 Å². The third-order valence-corrected chi connectivity index (χ3v) is 6.18. The standard InChI is InChI=1S/C18H25NO/c1-20-18-8-3-2-5-12(18)11-19-17-10-13-9-16(17)15-7-4-6-14(13)15/h2-3,5,8,13-17,19H,4,6-7,9-11H2,1H3. The highest BCUT2D eigenvalue weighted by Gasteiger charge is 2.53. The number of fused-ring (bicyclic) bond motifs is 5. The van der Waals surface area contributed by atoms with Gasteiger partial charge in [0.25, 0.3) is 0 Å². The normalized spacial score (nSPS) is 38.1. The van der Waals surface area contributed by atoms with E-state index < -0.39 is 0 Å². The molecule has 3 fully saturated rings. The van der Waals surface area contributed by atoms with Crippen LogP contribution in [0.1, 0.15) is 37.7 Å². The Kier molecular flexibility index (Phi) is 3.22. The molecule has 3 aliphatic carbocycles. The summed E-state index contributed by atoms with van der Waals surface area (Å²) in [5.41, 5.74) is 1.29. The van der Waals surface area contributed by atoms with Crippen LogP contribution in [-0.2, 0) is 6.54 Å². The van der Waals surface area contributed by atoms with Gasteiger partial charge < -0.3 is 10.1 Å². The highest BCUT2D eigenvalue weighted by atomic mass is 16.5. The van der Waals surface area contributed by atoms with Crippen molar-refractivity contribution in [2.45, 2.75) is 44.7 Å². The topological polar surface area (TPSA) is 21.3 Å². The van der Waals surface area contributed by atoms with Crippen LogP contribution < -0.4 is 10.1 Å². The number of benzene rings is 1. The number of hydrogen-bond acceptors (Lipinski definition) is 2. The second-order valence-electron chi connectivity index (χ2n) is 6.95. The zero-order valence-corrected chi connectivity index (χ0v) is 12.3. The molecule has 0 heterocycles. The Morgan fingerprint density at radius 2 is 1.95 bits per heavy atom. The van der Waals surface area contributed by atoms with E-state index >= 15 is 0 Å². The zero-order chi connectivity index (χ0) is 13.5. The first-order valence-electron chi connectivity index (χ1n) is 8.22. The van der Waals surface area contributed by atoms with Crippen LogP contribution >= 0.6 is 0 Å². The van der Waals surface area contributed by atoms with Crippen LogP contribution in [0.4, 0.5) is 0 Å². The van der Waals surface area contributed by atoms with E-state index in [1.165, 1.54) is 37.7 Å². The molecule has 4 rings (SSSR count). The molecule has 2 heteroatoms. The molecule has 0 radical (unpaired) electrons. The van der Waals surface area contributed by atoms with Crippen LogP contribution in [0.5, 0.6) is 5.75 Å². The summed E-state index contributed by atoms with van der Waals surface area (Å²) in [6.07, 6.45) is 7.42. The summed E-state index contributed by atoms with van der Waals surface area (Å²) in [5, 5.41) is 3.84. The van der Waals surface area contributed by atoms with Crippen LogP contribution in [0.2, 0.25) is 0 Å². The van der Waals surface area contributed by atoms with Gasteiger partial charge in [-0.15, -0.1) is 0 Å². The van der Waals surface area contributed by atoms with Gasteiger partial charge in [0.2, 0.25) is 0 Å². The Bertz CT molecular complexity index is 486. The Morgan fingerprint density at radius 1 is 1.10 bits per heavy atom. The maximum Gasteiger partial charge on any atom is 0.123 e. The molecule has 2 nitrogen and oxygen atoms in total. The molecule has 3 aliphatic rings. The van der Waals surface area contributed by atoms with Gasteiger partial charge in [-0.3, -0.25) is 0 Å². The number of rotatable bonds is 4. The van der Waals surface area contributed by atoms with E-state index in [2.05, 4.69) is 23.5 Å². The summed E-state index contributed by atoms with van der Waals surface area (Å²) in [7, 11) is 1.76. The molecule has 0 spiro atoms. The van der Waals surface area contributed by atoms with Crippen molar-refractivity contribution in [3.05, 3.63) is 29.8 Å². The molecule has 0 amide bonds. The Labute approximate surface area is 121 Å². The van der Waals surface area contributed by atoms with E-state index in [1.807, 2.05) is 6.07 Å². The number of methoxy groups -OCH3 is 1. The molecule has 5 atom stereocenters. The van der Waals surface area contributed by atoms with E-state index in [9.17, 15) is 0 Å². The molecule has 0 saturated heterocycles. The number of ether oxygens (including phenoxy) is 1. The van der Waals surface area contributed by atoms with E-state index in [4.69, 9.17) is 4.74 Å². The Morgan fingerprint density at radius 3 is 2.85 bits per heavy atom. The predicted octanol–water partition coefficient (Wildman–Crippen LogP) is 3.61. The fraction of sp³-hybridized carbons (Fsp3) is 0.667. The highest BCUT2D eigenvalue weighted by Crippen LogP contribution is 2.58. The molecule has 2 bridgehead atoms. The Hall–Kier alpha value is -1.02. The number of nitrogens with one attached hydrogen (secondary N) is 1. The van der Waals surface area contributed by atoms with Crippen molar-refractivity contribution in [3.63, 3.8) is 0 Å². The molecular weight excluding hydrogens is 246 g/mol. The third-order valence-electron chi connectivity index (χ3n) is 6.18. The first-order valence-corrected chi connectivity index (χ1v) is 8.22. The summed E-state index contributed by atoms with van der Waals surface area (Å²) in [6.45, 7) is 0.954. The summed E-state index contributed by atoms with van der Waals surface area (Å²) in [5.74, 6) is 5.14. The van der Waals surface area contributed by atoms with Crippen molar-refractivity contribution in [2.24, 2.45) is 23.7 Å². The van der Waals surface area contributed by atoms with Gasteiger partial charge in [0.15, 0.2) is 0 Å². The fourth-order valence-corrected chi connectivity index (χ4v) is 5.39. The average molecular weight is 271 g/mol. The minimum atomic E-state index is 0.754. The van der Waals surface area contributed by atoms with E-state index in [0.29, 0.717) is 0 Å². The van der Waals surface area contributed by atoms with E-state index in [0.717, 1.165) is 42.0 Å². The van der Waals surface area contributed by atoms with Gasteiger partial charge in [0, 0.05) is 18.2 Å². The molecule has 0 aliphatic heterocycles. The molecule has 1 N–H and O–H groups in total. The fourth-order valence-electron chi connectivity index (χ4n) is 5.39. The molecular formula is C18H25NO. The summed E-state index contributed by atoms with van der Waals surface area (Å²) >= 11 is 0. The minimum Gasteiger partial charge on any atom is -0.496 e. The summed E-state index contributed by atoms with van der Waals surface area (Å²) in [6, 6.07) is 9.14. The first-order chi connectivity index (χ1) is 9.86. The summed E-state index contributed by atoms with van der Waals surface area (Å²) < 4.78 is 5.45. The van der Waals surface area contributed by atoms with Crippen LogP contribution in [0.15, 0.2) is 24.3 Å². The number of para-hydroxylation sites is 1. The SMILES string of the molecule is COc1ccccc1CNC1CC2CC1C1CCCC21. The predicted molar refractivity (Wildman–Crippen MR) is 80.7 cm³/mol. The van der Waals surface area contributed by atoms with Crippen LogP contribution in [0, 0.1) is 23.7 Å². The van der Waals surface area contributed by atoms with Crippen molar-refractivity contribution in [1.82, 2.24) is 5.32 Å². The van der Waals surface area contributed by atoms with Crippen molar-refractivity contribution in [3.8, 4) is 5.75 Å². The maximum absolute atomic E-state index is 5.45. The van der Waals surface area contributed by atoms with Crippen molar-refractivity contribution in [1.29, 1.82) is 0 Å². The molecule has 108 valence electrons. The van der Waals surface area contributed by atoms with Gasteiger partial charge >= 0.3 is 0 Å². The minimum absolute atomic E-state index is 0.754. The molecule has 0 aromatic heterocycles. The maximum atomic E-state index is 5.45. The lowest BCUT2D eigenvalue weighted by Crippen LogP contribution is -2.38. The lowest BCUT2D eigenvalue weighted by Gasteiger charge is -2.32. The van der Waals surface area contributed by atoms with Crippen molar-refractivity contribution >= 4 is 0 Å². The lowest BCUT2D eigenvalue weighted by molar-refractivity contribution is 0.207. The monoisotopic (exact) mass is 271 g/mol. The van der Waals surface area contributed by atoms with Crippen LogP contribution in [-0.4, -0.2) is 13.2 Å². The molecule has 3 saturated carbocycles. The summed E-state index contributed by atoms with van der Waals surface area (Å²) in [4.78, 5) is 0. The van der Waals surface area contributed by atoms with Crippen molar-refractivity contribution < 1.29 is 4.74 Å². The molecule has 5 unspecified atom stereocenters. The molecule has 1 aromatic rings. The highest BCUT2D eigenvalue weighted by molar-refractivity contribution is 5.33. The van der Waals surface area contributed by atoms with Gasteiger partial charge in [-0.25, -0.2) is 0 Å². The van der Waals surface area contributed by atoms with Gasteiger partial charge in [0.05, 0.1) is 7.11 Å². The van der Waals surface area contributed by atoms with Gasteiger partial charge in [0.1, 0.15) is 5.75 Å². The Balaban J connectivity index is 1.41. The molecule has 1 aromatic carbocycles. The first kappa shape index (κ1) is 12.7. The van der Waals surface area contributed by atoms with Crippen molar-refractivity contribution in [2.75, 3.05) is 7.11 Å². The van der Waals surface area contributed by atoms with Gasteiger partial charge in [-0.1, -0.05) is 24.6 Å². The van der Waals surface area contributed by atoms with E-state index in [-0.39, 0.29) is 0 Å².